The number of nitrogens with zero attached hydrogens (tertiary/aromatic N) is 5. The fourth-order valence-electron chi connectivity index (χ4n) is 9.25. The van der Waals surface area contributed by atoms with Gasteiger partial charge in [-0.15, -0.1) is 0 Å². The van der Waals surface area contributed by atoms with Gasteiger partial charge >= 0.3 is 18.2 Å². The van der Waals surface area contributed by atoms with E-state index < -0.39 is 36.5 Å². The number of carboxylic acid groups (broad SMARTS) is 1. The molecule has 2 fully saturated rings. The van der Waals surface area contributed by atoms with Crippen LogP contribution in [0.4, 0.5) is 9.59 Å². The molecule has 6 heterocycles. The third-order valence-electron chi connectivity index (χ3n) is 12.6. The van der Waals surface area contributed by atoms with Gasteiger partial charge in [0.2, 0.25) is 11.8 Å². The number of carbonyl (C=O) groups excluding carboxylic acids is 4. The second kappa shape index (κ2) is 18.1. The largest absolute Gasteiger partial charge is 0.481 e. The van der Waals surface area contributed by atoms with E-state index in [1.807, 2.05) is 58.0 Å². The van der Waals surface area contributed by atoms with E-state index in [2.05, 4.69) is 37.3 Å². The molecule has 0 spiro atoms. The lowest BCUT2D eigenvalue weighted by Gasteiger charge is -2.30. The molecule has 4 amide bonds. The van der Waals surface area contributed by atoms with Gasteiger partial charge in [0.1, 0.15) is 29.5 Å². The summed E-state index contributed by atoms with van der Waals surface area (Å²) in [6.07, 6.45) is 4.75. The zero-order chi connectivity index (χ0) is 45.4. The van der Waals surface area contributed by atoms with Crippen molar-refractivity contribution in [2.24, 2.45) is 11.8 Å². The van der Waals surface area contributed by atoms with E-state index >= 15 is 0 Å². The van der Waals surface area contributed by atoms with Crippen LogP contribution in [0.1, 0.15) is 96.2 Å². The zero-order valence-corrected chi connectivity index (χ0v) is 36.8. The van der Waals surface area contributed by atoms with Crippen LogP contribution in [-0.2, 0) is 23.9 Å². The maximum atomic E-state index is 13.7. The summed E-state index contributed by atoms with van der Waals surface area (Å²) in [5.41, 5.74) is 5.80. The molecule has 3 aliphatic heterocycles. The van der Waals surface area contributed by atoms with Crippen molar-refractivity contribution in [1.82, 2.24) is 44.9 Å². The predicted molar refractivity (Wildman–Crippen MR) is 235 cm³/mol. The molecular formula is C46H55N9O9. The first-order valence-corrected chi connectivity index (χ1v) is 21.8. The third kappa shape index (κ3) is 8.47. The van der Waals surface area contributed by atoms with Crippen LogP contribution in [0.15, 0.2) is 54.9 Å². The lowest BCUT2D eigenvalue weighted by atomic mass is 10.0. The van der Waals surface area contributed by atoms with Crippen molar-refractivity contribution in [3.8, 4) is 39.5 Å². The second-order valence-electron chi connectivity index (χ2n) is 17.3. The normalized spacial score (nSPS) is 19.0. The molecule has 18 heteroatoms. The lowest BCUT2D eigenvalue weighted by Crippen LogP contribution is -2.51. The van der Waals surface area contributed by atoms with E-state index in [1.54, 1.807) is 22.2 Å². The summed E-state index contributed by atoms with van der Waals surface area (Å²) < 4.78 is 18.2. The monoisotopic (exact) mass is 877 g/mol. The summed E-state index contributed by atoms with van der Waals surface area (Å²) in [4.78, 5) is 83.3. The highest BCUT2D eigenvalue weighted by Gasteiger charge is 2.39. The molecular weight excluding hydrogens is 823 g/mol. The minimum atomic E-state index is -0.925. The highest BCUT2D eigenvalue weighted by atomic mass is 16.5. The van der Waals surface area contributed by atoms with E-state index in [0.717, 1.165) is 63.9 Å². The first-order valence-electron chi connectivity index (χ1n) is 21.8. The van der Waals surface area contributed by atoms with Crippen LogP contribution in [-0.4, -0.2) is 109 Å². The molecule has 5 atom stereocenters. The average Bonchev–Trinajstić information content (AvgIpc) is 4.14. The number of benzene rings is 2. The van der Waals surface area contributed by atoms with Gasteiger partial charge in [-0.3, -0.25) is 14.4 Å². The highest BCUT2D eigenvalue weighted by molar-refractivity contribution is 5.92. The molecule has 8 rings (SSSR count). The molecule has 5 aromatic rings. The number of carboxylic acids is 1. The summed E-state index contributed by atoms with van der Waals surface area (Å²) in [5, 5.41) is 16.0. The maximum absolute atomic E-state index is 13.7. The van der Waals surface area contributed by atoms with Crippen molar-refractivity contribution < 1.29 is 43.3 Å². The Kier molecular flexibility index (Phi) is 12.4. The minimum Gasteiger partial charge on any atom is -0.481 e. The fraction of sp³-hybridized carbons (Fsp3) is 0.457. The van der Waals surface area contributed by atoms with E-state index in [-0.39, 0.29) is 48.6 Å². The Balaban J connectivity index is 1.06. The summed E-state index contributed by atoms with van der Waals surface area (Å²) in [6.45, 7) is 8.60. The number of aromatic nitrogens is 5. The number of ether oxygens (including phenoxy) is 3. The Bertz CT molecular complexity index is 2580. The molecule has 0 bridgehead atoms. The van der Waals surface area contributed by atoms with Crippen molar-refractivity contribution in [2.45, 2.75) is 96.6 Å². The lowest BCUT2D eigenvalue weighted by molar-refractivity contribution is -0.138. The molecule has 0 saturated carbocycles. The fourth-order valence-corrected chi connectivity index (χ4v) is 9.25. The summed E-state index contributed by atoms with van der Waals surface area (Å²) in [6, 6.07) is 12.0. The van der Waals surface area contributed by atoms with Crippen LogP contribution in [0.2, 0.25) is 0 Å². The Labute approximate surface area is 370 Å². The van der Waals surface area contributed by atoms with Gasteiger partial charge in [-0.1, -0.05) is 39.8 Å². The molecule has 1 unspecified atom stereocenters. The number of aromatic amines is 2. The van der Waals surface area contributed by atoms with E-state index in [9.17, 15) is 29.1 Å². The Morgan fingerprint density at radius 3 is 1.83 bits per heavy atom. The number of imidazole rings is 2. The number of H-pyrrole nitrogens is 2. The van der Waals surface area contributed by atoms with Crippen molar-refractivity contribution >= 4 is 40.9 Å². The molecule has 5 N–H and O–H groups in total. The molecule has 3 aromatic heterocycles. The van der Waals surface area contributed by atoms with Gasteiger partial charge in [-0.05, 0) is 67.9 Å². The van der Waals surface area contributed by atoms with E-state index in [1.165, 1.54) is 14.2 Å². The number of hydrogen-bond acceptors (Lipinski definition) is 10. The summed E-state index contributed by atoms with van der Waals surface area (Å²) in [5.74, 6) is 0.299. The molecule has 18 nitrogen and oxygen atoms in total. The SMILES string of the molecule is COC(=O)N[C@H](C(=O)N1CCC[C@H]1c1ncc(-c2ccc3c(c2)OC(CCC(=O)O)n2c-3cc3cc(-c4cnc([C@@H]5CCCN5C(=O)[C@@H](NC(=O)OC)C(C)C)[nH]4)ccc32)[nH]1)C(C)C. The van der Waals surface area contributed by atoms with Crippen molar-refractivity contribution in [3.05, 3.63) is 66.5 Å². The van der Waals surface area contributed by atoms with Crippen LogP contribution >= 0.6 is 0 Å². The van der Waals surface area contributed by atoms with E-state index in [0.29, 0.717) is 36.9 Å². The summed E-state index contributed by atoms with van der Waals surface area (Å²) in [7, 11) is 2.54. The van der Waals surface area contributed by atoms with Crippen LogP contribution in [0.25, 0.3) is 44.7 Å². The van der Waals surface area contributed by atoms with Crippen molar-refractivity contribution in [2.75, 3.05) is 27.3 Å². The Hall–Kier alpha value is -6.85. The number of alkyl carbamates (subject to hydrolysis) is 2. The predicted octanol–water partition coefficient (Wildman–Crippen LogP) is 6.93. The number of hydrogen-bond donors (Lipinski definition) is 5. The number of likely N-dealkylation sites (tertiary alicyclic amines) is 2. The topological polar surface area (TPSA) is 226 Å². The number of nitrogens with one attached hydrogen (secondary N) is 4. The molecule has 338 valence electrons. The van der Waals surface area contributed by atoms with Crippen LogP contribution in [0.5, 0.6) is 5.75 Å². The van der Waals surface area contributed by atoms with Gasteiger partial charge in [0, 0.05) is 41.6 Å². The molecule has 64 heavy (non-hydrogen) atoms. The number of fused-ring (bicyclic) bond motifs is 5. The Morgan fingerprint density at radius 1 is 0.781 bits per heavy atom. The number of aliphatic carboxylic acids is 1. The molecule has 3 aliphatic rings. The highest BCUT2D eigenvalue weighted by Crippen LogP contribution is 2.46. The number of carbonyl (C=O) groups is 5. The first-order chi connectivity index (χ1) is 30.8. The van der Waals surface area contributed by atoms with Gasteiger partial charge in [0.05, 0.1) is 67.7 Å². The quantitative estimate of drug-likeness (QED) is 0.0815. The number of methoxy groups -OCH3 is 2. The first kappa shape index (κ1) is 43.8. The van der Waals surface area contributed by atoms with E-state index in [4.69, 9.17) is 24.2 Å². The smallest absolute Gasteiger partial charge is 0.407 e. The van der Waals surface area contributed by atoms with Gasteiger partial charge in [-0.2, -0.15) is 0 Å². The molecule has 0 radical (unpaired) electrons. The zero-order valence-electron chi connectivity index (χ0n) is 36.8. The van der Waals surface area contributed by atoms with Crippen LogP contribution in [0.3, 0.4) is 0 Å². The maximum Gasteiger partial charge on any atom is 0.407 e. The standard InChI is InChI=1S/C46H55N9O9/c1-24(2)39(51-45(60)62-5)43(58)53-17-7-9-33(53)41-47-22-30(49-41)26-12-14-32-28(19-26)20-35-29-13-11-27(21-36(29)64-37(55(32)35)15-16-38(56)57)31-23-48-42(50-31)34-10-8-18-54(34)44(59)40(25(3)4)52-46(61)63-6/h11-14,19-25,33-34,37,39-40H,7-10,15-18H2,1-6H3,(H,47,49)(H,48,50)(H,51,60)(H,52,61)(H,56,57)/t33-,34-,37?,39-,40-/m0/s1. The molecule has 2 saturated heterocycles. The van der Waals surface area contributed by atoms with Crippen LogP contribution in [0, 0.1) is 11.8 Å². The van der Waals surface area contributed by atoms with Crippen LogP contribution < -0.4 is 15.4 Å². The number of amides is 4. The van der Waals surface area contributed by atoms with Gasteiger partial charge in [0.15, 0.2) is 6.23 Å². The molecule has 0 aliphatic carbocycles. The number of rotatable bonds is 13. The average molecular weight is 878 g/mol. The van der Waals surface area contributed by atoms with Gasteiger partial charge in [0.25, 0.3) is 0 Å². The Morgan fingerprint density at radius 2 is 1.31 bits per heavy atom. The molecule has 2 aromatic carbocycles. The van der Waals surface area contributed by atoms with Crippen molar-refractivity contribution in [3.63, 3.8) is 0 Å². The van der Waals surface area contributed by atoms with Gasteiger partial charge < -0.3 is 54.3 Å². The van der Waals surface area contributed by atoms with Gasteiger partial charge in [-0.25, -0.2) is 19.6 Å². The third-order valence-corrected chi connectivity index (χ3v) is 12.6. The minimum absolute atomic E-state index is 0.0987. The summed E-state index contributed by atoms with van der Waals surface area (Å²) >= 11 is 0. The second-order valence-corrected chi connectivity index (χ2v) is 17.3. The van der Waals surface area contributed by atoms with Crippen molar-refractivity contribution in [1.29, 1.82) is 0 Å².